The Morgan fingerprint density at radius 3 is 1.62 bits per heavy atom. The van der Waals surface area contributed by atoms with Crippen molar-refractivity contribution in [2.75, 3.05) is 46.2 Å². The van der Waals surface area contributed by atoms with E-state index in [1.165, 1.54) is 0 Å². The van der Waals surface area contributed by atoms with Crippen molar-refractivity contribution in [3.63, 3.8) is 0 Å². The SMILES string of the molecule is CCC(=O)CCOCC(COCCC(=O)CC)(COCCC(=O)C(C)C)NC(=O)COO. The van der Waals surface area contributed by atoms with Gasteiger partial charge in [-0.3, -0.25) is 24.4 Å². The maximum atomic E-state index is 12.1. The van der Waals surface area contributed by atoms with E-state index in [9.17, 15) is 19.2 Å². The topological polar surface area (TPSA) is 137 Å². The van der Waals surface area contributed by atoms with Crippen LogP contribution in [0.5, 0.6) is 0 Å². The lowest BCUT2D eigenvalue weighted by molar-refractivity contribution is -0.239. The van der Waals surface area contributed by atoms with Gasteiger partial charge in [-0.1, -0.05) is 27.7 Å². The second kappa shape index (κ2) is 17.8. The third-order valence-corrected chi connectivity index (χ3v) is 4.71. The summed E-state index contributed by atoms with van der Waals surface area (Å²) in [5.41, 5.74) is -1.17. The van der Waals surface area contributed by atoms with E-state index in [1.807, 2.05) is 0 Å². The molecule has 10 heteroatoms. The Kier molecular flexibility index (Phi) is 16.8. The largest absolute Gasteiger partial charge is 0.378 e. The highest BCUT2D eigenvalue weighted by Gasteiger charge is 2.34. The summed E-state index contributed by atoms with van der Waals surface area (Å²) in [5, 5.41) is 11.3. The van der Waals surface area contributed by atoms with Gasteiger partial charge in [0, 0.05) is 38.0 Å². The molecule has 32 heavy (non-hydrogen) atoms. The lowest BCUT2D eigenvalue weighted by Crippen LogP contribution is -2.59. The molecule has 0 aliphatic rings. The molecule has 0 saturated heterocycles. The van der Waals surface area contributed by atoms with E-state index >= 15 is 0 Å². The number of carbonyl (C=O) groups excluding carboxylic acids is 4. The summed E-state index contributed by atoms with van der Waals surface area (Å²) in [7, 11) is 0. The second-order valence-corrected chi connectivity index (χ2v) is 7.92. The van der Waals surface area contributed by atoms with Crippen LogP contribution in [0.4, 0.5) is 0 Å². The van der Waals surface area contributed by atoms with Gasteiger partial charge in [0.1, 0.15) is 22.9 Å². The van der Waals surface area contributed by atoms with Gasteiger partial charge in [0.25, 0.3) is 0 Å². The quantitative estimate of drug-likeness (QED) is 0.149. The van der Waals surface area contributed by atoms with Gasteiger partial charge in [-0.2, -0.15) is 0 Å². The molecule has 0 heterocycles. The first-order chi connectivity index (χ1) is 15.2. The van der Waals surface area contributed by atoms with E-state index in [0.717, 1.165) is 0 Å². The summed E-state index contributed by atoms with van der Waals surface area (Å²) >= 11 is 0. The normalized spacial score (nSPS) is 11.6. The lowest BCUT2D eigenvalue weighted by atomic mass is 10.0. The number of amides is 1. The number of hydrogen-bond donors (Lipinski definition) is 2. The minimum Gasteiger partial charge on any atom is -0.378 e. The average molecular weight is 462 g/mol. The molecule has 0 unspecified atom stereocenters. The molecule has 0 atom stereocenters. The molecule has 0 aromatic carbocycles. The molecule has 1 amide bonds. The Hall–Kier alpha value is -1.72. The fraction of sp³-hybridized carbons (Fsp3) is 0.818. The summed E-state index contributed by atoms with van der Waals surface area (Å²) in [6.45, 7) is 6.86. The zero-order chi connectivity index (χ0) is 24.4. The second-order valence-electron chi connectivity index (χ2n) is 7.92. The highest BCUT2D eigenvalue weighted by molar-refractivity contribution is 5.80. The molecule has 0 rings (SSSR count). The lowest BCUT2D eigenvalue weighted by Gasteiger charge is -2.34. The van der Waals surface area contributed by atoms with Gasteiger partial charge >= 0.3 is 0 Å². The Balaban J connectivity index is 5.16. The zero-order valence-corrected chi connectivity index (χ0v) is 19.8. The number of ether oxygens (including phenoxy) is 3. The first kappa shape index (κ1) is 30.3. The Labute approximate surface area is 190 Å². The minimum atomic E-state index is -1.17. The number of hydrogen-bond acceptors (Lipinski definition) is 9. The van der Waals surface area contributed by atoms with Crippen molar-refractivity contribution < 1.29 is 43.5 Å². The molecule has 10 nitrogen and oxygen atoms in total. The summed E-state index contributed by atoms with van der Waals surface area (Å²) < 4.78 is 16.9. The van der Waals surface area contributed by atoms with Crippen molar-refractivity contribution in [2.45, 2.75) is 65.3 Å². The van der Waals surface area contributed by atoms with Crippen LogP contribution in [0, 0.1) is 5.92 Å². The van der Waals surface area contributed by atoms with Gasteiger partial charge in [-0.15, -0.1) is 0 Å². The number of nitrogens with one attached hydrogen (secondary N) is 1. The first-order valence-electron chi connectivity index (χ1n) is 11.1. The van der Waals surface area contributed by atoms with E-state index in [0.29, 0.717) is 12.8 Å². The van der Waals surface area contributed by atoms with Crippen LogP contribution >= 0.6 is 0 Å². The summed E-state index contributed by atoms with van der Waals surface area (Å²) in [6.07, 6.45) is 1.49. The fourth-order valence-electron chi connectivity index (χ4n) is 2.61. The molecule has 0 aromatic heterocycles. The van der Waals surface area contributed by atoms with Crippen LogP contribution in [0.2, 0.25) is 0 Å². The van der Waals surface area contributed by atoms with E-state index < -0.39 is 18.1 Å². The van der Waals surface area contributed by atoms with E-state index in [1.54, 1.807) is 27.7 Å². The van der Waals surface area contributed by atoms with E-state index in [2.05, 4.69) is 10.2 Å². The van der Waals surface area contributed by atoms with Crippen LogP contribution in [-0.2, 0) is 38.3 Å². The van der Waals surface area contributed by atoms with Gasteiger partial charge in [-0.05, 0) is 0 Å². The number of ketones is 3. The van der Waals surface area contributed by atoms with Gasteiger partial charge in [-0.25, -0.2) is 4.89 Å². The molecule has 0 spiro atoms. The molecule has 0 bridgehead atoms. The first-order valence-corrected chi connectivity index (χ1v) is 11.1. The van der Waals surface area contributed by atoms with Crippen molar-refractivity contribution >= 4 is 23.3 Å². The van der Waals surface area contributed by atoms with Crippen molar-refractivity contribution in [2.24, 2.45) is 5.92 Å². The molecule has 0 fully saturated rings. The van der Waals surface area contributed by atoms with Gasteiger partial charge in [0.15, 0.2) is 6.61 Å². The average Bonchev–Trinajstić information content (AvgIpc) is 2.76. The number of carbonyl (C=O) groups is 4. The van der Waals surface area contributed by atoms with Crippen molar-refractivity contribution in [3.05, 3.63) is 0 Å². The van der Waals surface area contributed by atoms with Gasteiger partial charge in [0.05, 0.1) is 39.6 Å². The van der Waals surface area contributed by atoms with Crippen LogP contribution in [0.25, 0.3) is 0 Å². The summed E-state index contributed by atoms with van der Waals surface area (Å²) in [5.74, 6) is -0.589. The van der Waals surface area contributed by atoms with Gasteiger partial charge < -0.3 is 19.5 Å². The number of rotatable bonds is 21. The third-order valence-electron chi connectivity index (χ3n) is 4.71. The molecule has 0 aliphatic carbocycles. The molecule has 186 valence electrons. The molecular formula is C22H39NO9. The Bertz CT molecular complexity index is 554. The van der Waals surface area contributed by atoms with Crippen molar-refractivity contribution in [1.82, 2.24) is 5.32 Å². The van der Waals surface area contributed by atoms with Crippen LogP contribution in [0.1, 0.15) is 59.8 Å². The maximum absolute atomic E-state index is 12.1. The Morgan fingerprint density at radius 1 is 0.812 bits per heavy atom. The van der Waals surface area contributed by atoms with Crippen LogP contribution < -0.4 is 5.32 Å². The van der Waals surface area contributed by atoms with E-state index in [-0.39, 0.29) is 82.2 Å². The predicted molar refractivity (Wildman–Crippen MR) is 116 cm³/mol. The highest BCUT2D eigenvalue weighted by atomic mass is 17.1. The van der Waals surface area contributed by atoms with Crippen molar-refractivity contribution in [3.8, 4) is 0 Å². The standard InChI is InChI=1S/C22H39NO9/c1-5-18(24)7-10-29-14-22(23-21(27)13-32-28,15-30-11-8-19(25)6-2)16-31-12-9-20(26)17(3)4/h17,28H,5-16H2,1-4H3,(H,23,27). The summed E-state index contributed by atoms with van der Waals surface area (Å²) in [6, 6.07) is 0. The fourth-order valence-corrected chi connectivity index (χ4v) is 2.61. The van der Waals surface area contributed by atoms with Gasteiger partial charge in [0.2, 0.25) is 5.91 Å². The van der Waals surface area contributed by atoms with E-state index in [4.69, 9.17) is 19.5 Å². The highest BCUT2D eigenvalue weighted by Crippen LogP contribution is 2.11. The third kappa shape index (κ3) is 14.4. The maximum Gasteiger partial charge on any atom is 0.250 e. The zero-order valence-electron chi connectivity index (χ0n) is 19.8. The Morgan fingerprint density at radius 2 is 1.25 bits per heavy atom. The van der Waals surface area contributed by atoms with Crippen LogP contribution in [0.15, 0.2) is 0 Å². The number of Topliss-reactive ketones (excluding diaryl/α,β-unsaturated/α-hetero) is 3. The molecule has 0 radical (unpaired) electrons. The molecule has 0 aliphatic heterocycles. The molecule has 0 aromatic rings. The monoisotopic (exact) mass is 461 g/mol. The van der Waals surface area contributed by atoms with Crippen molar-refractivity contribution in [1.29, 1.82) is 0 Å². The molecule has 2 N–H and O–H groups in total. The minimum absolute atomic E-state index is 0.0407. The smallest absolute Gasteiger partial charge is 0.250 e. The molecular weight excluding hydrogens is 422 g/mol. The van der Waals surface area contributed by atoms with Crippen LogP contribution in [-0.4, -0.2) is 80.3 Å². The van der Waals surface area contributed by atoms with Crippen LogP contribution in [0.3, 0.4) is 0 Å². The summed E-state index contributed by atoms with van der Waals surface area (Å²) in [4.78, 5) is 50.9. The predicted octanol–water partition coefficient (Wildman–Crippen LogP) is 1.73. The molecule has 0 saturated carbocycles.